The highest BCUT2D eigenvalue weighted by Crippen LogP contribution is 2.03. The van der Waals surface area contributed by atoms with Crippen LogP contribution in [0.2, 0.25) is 0 Å². The van der Waals surface area contributed by atoms with E-state index in [9.17, 15) is 8.42 Å². The van der Waals surface area contributed by atoms with E-state index in [4.69, 9.17) is 5.14 Å². The van der Waals surface area contributed by atoms with E-state index in [-0.39, 0.29) is 5.03 Å². The molecule has 0 aliphatic rings. The lowest BCUT2D eigenvalue weighted by Crippen LogP contribution is -2.14. The third-order valence-electron chi connectivity index (χ3n) is 1.47. The highest BCUT2D eigenvalue weighted by atomic mass is 32.2. The highest BCUT2D eigenvalue weighted by Gasteiger charge is 2.07. The SMILES string of the molecule is CNCc1ccc(S(N)(=O)=O)nc1. The average molecular weight is 201 g/mol. The molecule has 0 atom stereocenters. The van der Waals surface area contributed by atoms with Gasteiger partial charge in [-0.25, -0.2) is 18.5 Å². The molecule has 1 rings (SSSR count). The van der Waals surface area contributed by atoms with Gasteiger partial charge in [-0.3, -0.25) is 0 Å². The Kier molecular flexibility index (Phi) is 2.97. The van der Waals surface area contributed by atoms with E-state index in [2.05, 4.69) is 10.3 Å². The van der Waals surface area contributed by atoms with E-state index in [0.29, 0.717) is 6.54 Å². The Morgan fingerprint density at radius 3 is 2.62 bits per heavy atom. The fraction of sp³-hybridized carbons (Fsp3) is 0.286. The molecule has 0 aromatic carbocycles. The van der Waals surface area contributed by atoms with Gasteiger partial charge in [0.15, 0.2) is 5.03 Å². The zero-order valence-corrected chi connectivity index (χ0v) is 8.00. The zero-order valence-electron chi connectivity index (χ0n) is 7.19. The second-order valence-corrected chi connectivity index (χ2v) is 4.09. The summed E-state index contributed by atoms with van der Waals surface area (Å²) in [5.74, 6) is 0. The number of pyridine rings is 1. The molecule has 0 saturated carbocycles. The van der Waals surface area contributed by atoms with Crippen LogP contribution in [0.5, 0.6) is 0 Å². The Bertz CT molecular complexity index is 371. The van der Waals surface area contributed by atoms with Crippen LogP contribution in [-0.2, 0) is 16.6 Å². The largest absolute Gasteiger partial charge is 0.316 e. The van der Waals surface area contributed by atoms with Crippen LogP contribution in [-0.4, -0.2) is 20.4 Å². The minimum Gasteiger partial charge on any atom is -0.316 e. The van der Waals surface area contributed by atoms with Gasteiger partial charge in [-0.2, -0.15) is 0 Å². The molecule has 1 aromatic rings. The maximum atomic E-state index is 10.8. The summed E-state index contributed by atoms with van der Waals surface area (Å²) in [4.78, 5) is 3.72. The maximum Gasteiger partial charge on any atom is 0.255 e. The summed E-state index contributed by atoms with van der Waals surface area (Å²) >= 11 is 0. The Hall–Kier alpha value is -0.980. The molecule has 6 heteroatoms. The Morgan fingerprint density at radius 1 is 1.54 bits per heavy atom. The van der Waals surface area contributed by atoms with Crippen molar-refractivity contribution in [2.75, 3.05) is 7.05 Å². The fourth-order valence-corrected chi connectivity index (χ4v) is 1.35. The van der Waals surface area contributed by atoms with Crippen LogP contribution >= 0.6 is 0 Å². The molecule has 0 radical (unpaired) electrons. The normalized spacial score (nSPS) is 11.5. The predicted octanol–water partition coefficient (Wildman–Crippen LogP) is -0.552. The van der Waals surface area contributed by atoms with Crippen LogP contribution in [0.15, 0.2) is 23.4 Å². The summed E-state index contributed by atoms with van der Waals surface area (Å²) in [6, 6.07) is 3.06. The van der Waals surface area contributed by atoms with Gasteiger partial charge in [-0.15, -0.1) is 0 Å². The first-order valence-corrected chi connectivity index (χ1v) is 5.21. The summed E-state index contributed by atoms with van der Waals surface area (Å²) < 4.78 is 21.6. The van der Waals surface area contributed by atoms with Gasteiger partial charge in [0.1, 0.15) is 0 Å². The van der Waals surface area contributed by atoms with Crippen molar-refractivity contribution in [3.8, 4) is 0 Å². The number of nitrogens with zero attached hydrogens (tertiary/aromatic N) is 1. The molecule has 0 unspecified atom stereocenters. The standard InChI is InChI=1S/C7H11N3O2S/c1-9-4-6-2-3-7(10-5-6)13(8,11)12/h2-3,5,9H,4H2,1H3,(H2,8,11,12). The van der Waals surface area contributed by atoms with Crippen molar-refractivity contribution in [2.24, 2.45) is 5.14 Å². The molecule has 72 valence electrons. The monoisotopic (exact) mass is 201 g/mol. The first-order valence-electron chi connectivity index (χ1n) is 3.66. The summed E-state index contributed by atoms with van der Waals surface area (Å²) in [6.07, 6.45) is 1.48. The molecule has 0 aliphatic carbocycles. The summed E-state index contributed by atoms with van der Waals surface area (Å²) in [7, 11) is -1.87. The maximum absolute atomic E-state index is 10.8. The Labute approximate surface area is 77.0 Å². The first kappa shape index (κ1) is 10.1. The number of aromatic nitrogens is 1. The van der Waals surface area contributed by atoms with E-state index in [0.717, 1.165) is 5.56 Å². The second-order valence-electron chi connectivity index (χ2n) is 2.58. The number of hydrogen-bond donors (Lipinski definition) is 2. The van der Waals surface area contributed by atoms with Gasteiger partial charge in [0.05, 0.1) is 0 Å². The summed E-state index contributed by atoms with van der Waals surface area (Å²) in [5.41, 5.74) is 0.912. The third-order valence-corrected chi connectivity index (χ3v) is 2.29. The fourth-order valence-electron chi connectivity index (χ4n) is 0.888. The van der Waals surface area contributed by atoms with Crippen molar-refractivity contribution < 1.29 is 8.42 Å². The lowest BCUT2D eigenvalue weighted by atomic mass is 10.3. The van der Waals surface area contributed by atoms with Crippen molar-refractivity contribution in [3.63, 3.8) is 0 Å². The van der Waals surface area contributed by atoms with Gasteiger partial charge < -0.3 is 5.32 Å². The molecule has 3 N–H and O–H groups in total. The van der Waals surface area contributed by atoms with Crippen molar-refractivity contribution in [3.05, 3.63) is 23.9 Å². The molecule has 0 saturated heterocycles. The quantitative estimate of drug-likeness (QED) is 0.687. The first-order chi connectivity index (χ1) is 6.04. The number of rotatable bonds is 3. The van der Waals surface area contributed by atoms with Crippen LogP contribution in [0.1, 0.15) is 5.56 Å². The Morgan fingerprint density at radius 2 is 2.23 bits per heavy atom. The van der Waals surface area contributed by atoms with E-state index in [1.807, 2.05) is 0 Å². The lowest BCUT2D eigenvalue weighted by Gasteiger charge is -2.00. The van der Waals surface area contributed by atoms with Gasteiger partial charge in [0.25, 0.3) is 10.0 Å². The lowest BCUT2D eigenvalue weighted by molar-refractivity contribution is 0.594. The molecule has 0 spiro atoms. The number of nitrogens with two attached hydrogens (primary N) is 1. The predicted molar refractivity (Wildman–Crippen MR) is 48.4 cm³/mol. The summed E-state index contributed by atoms with van der Waals surface area (Å²) in [5, 5.41) is 7.69. The molecule has 5 nitrogen and oxygen atoms in total. The number of hydrogen-bond acceptors (Lipinski definition) is 4. The summed E-state index contributed by atoms with van der Waals surface area (Å²) in [6.45, 7) is 0.651. The number of nitrogens with one attached hydrogen (secondary N) is 1. The van der Waals surface area contributed by atoms with Crippen molar-refractivity contribution >= 4 is 10.0 Å². The van der Waals surface area contributed by atoms with Crippen LogP contribution in [0.3, 0.4) is 0 Å². The van der Waals surface area contributed by atoms with E-state index in [1.165, 1.54) is 12.3 Å². The van der Waals surface area contributed by atoms with E-state index >= 15 is 0 Å². The second kappa shape index (κ2) is 3.82. The van der Waals surface area contributed by atoms with Crippen LogP contribution in [0, 0.1) is 0 Å². The molecule has 0 bridgehead atoms. The topological polar surface area (TPSA) is 85.1 Å². The molecule has 0 aliphatic heterocycles. The van der Waals surface area contributed by atoms with Crippen LogP contribution in [0.4, 0.5) is 0 Å². The van der Waals surface area contributed by atoms with Crippen LogP contribution < -0.4 is 10.5 Å². The minimum atomic E-state index is -3.67. The van der Waals surface area contributed by atoms with Gasteiger partial charge in [0, 0.05) is 12.7 Å². The van der Waals surface area contributed by atoms with Crippen molar-refractivity contribution in [2.45, 2.75) is 11.6 Å². The van der Waals surface area contributed by atoms with Gasteiger partial charge >= 0.3 is 0 Å². The van der Waals surface area contributed by atoms with Gasteiger partial charge in [0.2, 0.25) is 0 Å². The number of primary sulfonamides is 1. The molecular formula is C7H11N3O2S. The van der Waals surface area contributed by atoms with Gasteiger partial charge in [-0.05, 0) is 18.7 Å². The third kappa shape index (κ3) is 2.76. The van der Waals surface area contributed by atoms with Gasteiger partial charge in [-0.1, -0.05) is 6.07 Å². The molecule has 1 heterocycles. The smallest absolute Gasteiger partial charge is 0.255 e. The minimum absolute atomic E-state index is 0.104. The molecular weight excluding hydrogens is 190 g/mol. The molecule has 0 amide bonds. The van der Waals surface area contributed by atoms with Crippen molar-refractivity contribution in [1.82, 2.24) is 10.3 Å². The van der Waals surface area contributed by atoms with E-state index in [1.54, 1.807) is 13.1 Å². The Balaban J connectivity index is 2.94. The van der Waals surface area contributed by atoms with Crippen molar-refractivity contribution in [1.29, 1.82) is 0 Å². The zero-order chi connectivity index (χ0) is 9.90. The number of sulfonamides is 1. The average Bonchev–Trinajstić information content (AvgIpc) is 2.04. The molecule has 0 fully saturated rings. The van der Waals surface area contributed by atoms with Crippen LogP contribution in [0.25, 0.3) is 0 Å². The molecule has 13 heavy (non-hydrogen) atoms. The highest BCUT2D eigenvalue weighted by molar-refractivity contribution is 7.89. The van der Waals surface area contributed by atoms with E-state index < -0.39 is 10.0 Å². The molecule has 1 aromatic heterocycles.